The van der Waals surface area contributed by atoms with E-state index in [-0.39, 0.29) is 17.7 Å². The van der Waals surface area contributed by atoms with Crippen molar-refractivity contribution in [2.45, 2.75) is 38.6 Å². The van der Waals surface area contributed by atoms with Gasteiger partial charge in [-0.3, -0.25) is 19.3 Å². The summed E-state index contributed by atoms with van der Waals surface area (Å²) in [6.07, 6.45) is 4.10. The van der Waals surface area contributed by atoms with Crippen LogP contribution in [0.1, 0.15) is 37.7 Å². The average molecular weight is 426 g/mol. The summed E-state index contributed by atoms with van der Waals surface area (Å²) in [5, 5.41) is 5.81. The molecule has 8 nitrogen and oxygen atoms in total. The van der Waals surface area contributed by atoms with Gasteiger partial charge in [0.2, 0.25) is 11.8 Å². The minimum absolute atomic E-state index is 0.0542. The Morgan fingerprint density at radius 2 is 1.55 bits per heavy atom. The van der Waals surface area contributed by atoms with Gasteiger partial charge in [-0.05, 0) is 24.8 Å². The van der Waals surface area contributed by atoms with E-state index in [0.717, 1.165) is 31.5 Å². The lowest BCUT2D eigenvalue weighted by atomic mass is 10.1. The maximum Gasteiger partial charge on any atom is 0.270 e. The highest BCUT2D eigenvalue weighted by Crippen LogP contribution is 2.16. The number of hydrazone groups is 1. The molecule has 0 unspecified atom stereocenters. The molecular weight excluding hydrogens is 394 g/mol. The molecule has 0 N–H and O–H groups in total. The number of piperazine rings is 1. The maximum atomic E-state index is 13.0. The first-order chi connectivity index (χ1) is 15.1. The fourth-order valence-corrected chi connectivity index (χ4v) is 4.36. The first-order valence-corrected chi connectivity index (χ1v) is 11.3. The van der Waals surface area contributed by atoms with Crippen LogP contribution >= 0.6 is 0 Å². The number of amides is 3. The van der Waals surface area contributed by atoms with Crippen molar-refractivity contribution in [3.63, 3.8) is 0 Å². The molecule has 0 aliphatic carbocycles. The van der Waals surface area contributed by atoms with Crippen LogP contribution in [-0.4, -0.2) is 89.0 Å². The smallest absolute Gasteiger partial charge is 0.270 e. The first-order valence-electron chi connectivity index (χ1n) is 11.3. The van der Waals surface area contributed by atoms with Crippen LogP contribution in [0, 0.1) is 0 Å². The van der Waals surface area contributed by atoms with Crippen LogP contribution in [0.5, 0.6) is 0 Å². The highest BCUT2D eigenvalue weighted by molar-refractivity contribution is 6.39. The largest absolute Gasteiger partial charge is 0.342 e. The number of carbonyl (C=O) groups is 3. The minimum atomic E-state index is -0.0902. The van der Waals surface area contributed by atoms with E-state index < -0.39 is 0 Å². The predicted octanol–water partition coefficient (Wildman–Crippen LogP) is 1.32. The number of benzene rings is 1. The molecule has 166 valence electrons. The Bertz CT molecular complexity index is 827. The third-order valence-corrected chi connectivity index (χ3v) is 6.25. The van der Waals surface area contributed by atoms with Gasteiger partial charge in [0, 0.05) is 52.1 Å². The Kier molecular flexibility index (Phi) is 6.96. The van der Waals surface area contributed by atoms with Crippen molar-refractivity contribution in [3.05, 3.63) is 35.9 Å². The van der Waals surface area contributed by atoms with E-state index in [4.69, 9.17) is 0 Å². The van der Waals surface area contributed by atoms with Gasteiger partial charge in [-0.1, -0.05) is 30.3 Å². The van der Waals surface area contributed by atoms with E-state index in [9.17, 15) is 14.4 Å². The molecule has 2 fully saturated rings. The van der Waals surface area contributed by atoms with Crippen molar-refractivity contribution in [1.82, 2.24) is 19.7 Å². The number of hydrogen-bond acceptors (Lipinski definition) is 5. The highest BCUT2D eigenvalue weighted by atomic mass is 16.2. The van der Waals surface area contributed by atoms with Crippen LogP contribution in [0.4, 0.5) is 0 Å². The van der Waals surface area contributed by atoms with Gasteiger partial charge in [0.05, 0.1) is 13.1 Å². The molecule has 3 aliphatic rings. The molecule has 1 aromatic rings. The SMILES string of the molecule is O=C(CN1CCN(C(=O)C2=NN(Cc3ccccc3)C(=O)CC2)CC1)N1CCCCC1. The number of likely N-dealkylation sites (tertiary alicyclic amines) is 1. The zero-order valence-electron chi connectivity index (χ0n) is 18.0. The van der Waals surface area contributed by atoms with E-state index >= 15 is 0 Å². The van der Waals surface area contributed by atoms with Gasteiger partial charge in [0.1, 0.15) is 5.71 Å². The van der Waals surface area contributed by atoms with Crippen LogP contribution in [0.2, 0.25) is 0 Å². The van der Waals surface area contributed by atoms with Crippen LogP contribution in [0.15, 0.2) is 35.4 Å². The third kappa shape index (κ3) is 5.50. The standard InChI is InChI=1S/C23H31N5O3/c29-21-10-9-20(24-28(21)17-19-7-3-1-4-8-19)23(31)27-15-13-25(14-16-27)18-22(30)26-11-5-2-6-12-26/h1,3-4,7-8H,2,5-6,9-18H2. The second-order valence-electron chi connectivity index (χ2n) is 8.49. The van der Waals surface area contributed by atoms with E-state index in [1.807, 2.05) is 35.2 Å². The zero-order chi connectivity index (χ0) is 21.6. The molecule has 3 amide bonds. The second kappa shape index (κ2) is 10.0. The average Bonchev–Trinajstić information content (AvgIpc) is 2.82. The Hall–Kier alpha value is -2.74. The molecule has 3 aliphatic heterocycles. The summed E-state index contributed by atoms with van der Waals surface area (Å²) in [7, 11) is 0. The van der Waals surface area contributed by atoms with Gasteiger partial charge in [-0.15, -0.1) is 0 Å². The predicted molar refractivity (Wildman–Crippen MR) is 117 cm³/mol. The van der Waals surface area contributed by atoms with Crippen molar-refractivity contribution in [2.75, 3.05) is 45.8 Å². The van der Waals surface area contributed by atoms with Gasteiger partial charge < -0.3 is 9.80 Å². The summed E-state index contributed by atoms with van der Waals surface area (Å²) < 4.78 is 0. The number of hydrogen-bond donors (Lipinski definition) is 0. The van der Waals surface area contributed by atoms with Gasteiger partial charge in [-0.25, -0.2) is 5.01 Å². The van der Waals surface area contributed by atoms with Crippen LogP contribution in [0.3, 0.4) is 0 Å². The van der Waals surface area contributed by atoms with Crippen molar-refractivity contribution in [2.24, 2.45) is 5.10 Å². The maximum absolute atomic E-state index is 13.0. The Labute approximate surface area is 183 Å². The third-order valence-electron chi connectivity index (χ3n) is 6.25. The minimum Gasteiger partial charge on any atom is -0.342 e. The number of carbonyl (C=O) groups excluding carboxylic acids is 3. The van der Waals surface area contributed by atoms with Crippen molar-refractivity contribution in [3.8, 4) is 0 Å². The Morgan fingerprint density at radius 3 is 2.26 bits per heavy atom. The van der Waals surface area contributed by atoms with Gasteiger partial charge >= 0.3 is 0 Å². The number of nitrogens with zero attached hydrogens (tertiary/aromatic N) is 5. The van der Waals surface area contributed by atoms with Crippen molar-refractivity contribution in [1.29, 1.82) is 0 Å². The molecule has 8 heteroatoms. The lowest BCUT2D eigenvalue weighted by Crippen LogP contribution is -2.53. The Morgan fingerprint density at radius 1 is 0.839 bits per heavy atom. The molecule has 0 atom stereocenters. The molecule has 31 heavy (non-hydrogen) atoms. The van der Waals surface area contributed by atoms with E-state index in [0.29, 0.717) is 57.8 Å². The van der Waals surface area contributed by atoms with Gasteiger partial charge in [-0.2, -0.15) is 5.10 Å². The lowest BCUT2D eigenvalue weighted by Gasteiger charge is -2.36. The van der Waals surface area contributed by atoms with Gasteiger partial charge in [0.15, 0.2) is 0 Å². The molecule has 0 saturated carbocycles. The van der Waals surface area contributed by atoms with Crippen molar-refractivity contribution >= 4 is 23.4 Å². The lowest BCUT2D eigenvalue weighted by molar-refractivity contribution is -0.134. The van der Waals surface area contributed by atoms with E-state index in [1.165, 1.54) is 11.4 Å². The molecule has 3 heterocycles. The molecular formula is C23H31N5O3. The summed E-state index contributed by atoms with van der Waals surface area (Å²) in [5.74, 6) is 0.0558. The first kappa shape index (κ1) is 21.5. The van der Waals surface area contributed by atoms with E-state index in [1.54, 1.807) is 4.90 Å². The van der Waals surface area contributed by atoms with Crippen LogP contribution in [-0.2, 0) is 20.9 Å². The fraction of sp³-hybridized carbons (Fsp3) is 0.565. The monoisotopic (exact) mass is 425 g/mol. The van der Waals surface area contributed by atoms with E-state index in [2.05, 4.69) is 10.0 Å². The summed E-state index contributed by atoms with van der Waals surface area (Å²) in [5.41, 5.74) is 1.44. The summed E-state index contributed by atoms with van der Waals surface area (Å²) >= 11 is 0. The Balaban J connectivity index is 1.30. The highest BCUT2D eigenvalue weighted by Gasteiger charge is 2.30. The molecule has 2 saturated heterocycles. The zero-order valence-corrected chi connectivity index (χ0v) is 18.0. The summed E-state index contributed by atoms with van der Waals surface area (Å²) in [4.78, 5) is 43.7. The van der Waals surface area contributed by atoms with Crippen LogP contribution < -0.4 is 0 Å². The molecule has 0 aromatic heterocycles. The number of rotatable bonds is 5. The topological polar surface area (TPSA) is 76.5 Å². The molecule has 0 radical (unpaired) electrons. The molecule has 0 bridgehead atoms. The quantitative estimate of drug-likeness (QED) is 0.713. The second-order valence-corrected chi connectivity index (χ2v) is 8.49. The van der Waals surface area contributed by atoms with Crippen LogP contribution in [0.25, 0.3) is 0 Å². The van der Waals surface area contributed by atoms with Crippen molar-refractivity contribution < 1.29 is 14.4 Å². The summed E-state index contributed by atoms with van der Waals surface area (Å²) in [6.45, 7) is 5.09. The molecule has 0 spiro atoms. The number of piperidine rings is 1. The molecule has 1 aromatic carbocycles. The fourth-order valence-electron chi connectivity index (χ4n) is 4.36. The normalized spacial score (nSPS) is 20.6. The van der Waals surface area contributed by atoms with Gasteiger partial charge in [0.25, 0.3) is 5.91 Å². The summed E-state index contributed by atoms with van der Waals surface area (Å²) in [6, 6.07) is 9.68. The molecule has 4 rings (SSSR count).